The van der Waals surface area contributed by atoms with Crippen LogP contribution in [0.4, 0.5) is 0 Å². The smallest absolute Gasteiger partial charge is 0.227 e. The van der Waals surface area contributed by atoms with E-state index in [0.29, 0.717) is 18.5 Å². The van der Waals surface area contributed by atoms with Gasteiger partial charge in [-0.05, 0) is 32.4 Å². The van der Waals surface area contributed by atoms with Crippen LogP contribution in [0.1, 0.15) is 33.6 Å². The number of amides is 1. The van der Waals surface area contributed by atoms with Crippen molar-refractivity contribution in [3.63, 3.8) is 0 Å². The van der Waals surface area contributed by atoms with Gasteiger partial charge in [0.1, 0.15) is 0 Å². The Bertz CT molecular complexity index is 268. The van der Waals surface area contributed by atoms with Gasteiger partial charge in [0.15, 0.2) is 0 Å². The van der Waals surface area contributed by atoms with Gasteiger partial charge in [0.25, 0.3) is 0 Å². The molecule has 1 saturated heterocycles. The topological polar surface area (TPSA) is 49.6 Å². The molecular formula is C14H29N3O. The number of likely N-dealkylation sites (N-methyl/N-ethyl adjacent to an activating group) is 1. The van der Waals surface area contributed by atoms with Crippen LogP contribution in [-0.4, -0.2) is 55.0 Å². The van der Waals surface area contributed by atoms with Crippen molar-refractivity contribution in [3.8, 4) is 0 Å². The van der Waals surface area contributed by atoms with Crippen LogP contribution in [0.15, 0.2) is 0 Å². The van der Waals surface area contributed by atoms with Crippen LogP contribution in [-0.2, 0) is 4.79 Å². The molecule has 2 N–H and O–H groups in total. The Balaban J connectivity index is 2.80. The lowest BCUT2D eigenvalue weighted by molar-refractivity contribution is -0.139. The molecule has 4 heteroatoms. The van der Waals surface area contributed by atoms with Crippen LogP contribution in [0.3, 0.4) is 0 Å². The lowest BCUT2D eigenvalue weighted by Gasteiger charge is -2.34. The zero-order chi connectivity index (χ0) is 13.7. The number of rotatable bonds is 4. The molecule has 0 aromatic heterocycles. The summed E-state index contributed by atoms with van der Waals surface area (Å²) in [4.78, 5) is 17.0. The predicted molar refractivity (Wildman–Crippen MR) is 75.3 cm³/mol. The molecular weight excluding hydrogens is 226 g/mol. The first-order valence-electron chi connectivity index (χ1n) is 7.20. The minimum Gasteiger partial charge on any atom is -0.338 e. The average molecular weight is 255 g/mol. The Morgan fingerprint density at radius 2 is 2.06 bits per heavy atom. The molecule has 4 nitrogen and oxygen atoms in total. The van der Waals surface area contributed by atoms with E-state index >= 15 is 0 Å². The van der Waals surface area contributed by atoms with Gasteiger partial charge in [-0.25, -0.2) is 0 Å². The zero-order valence-corrected chi connectivity index (χ0v) is 12.4. The molecule has 0 bridgehead atoms. The zero-order valence-electron chi connectivity index (χ0n) is 12.4. The molecule has 2 atom stereocenters. The highest BCUT2D eigenvalue weighted by Crippen LogP contribution is 2.19. The van der Waals surface area contributed by atoms with E-state index in [-0.39, 0.29) is 11.8 Å². The van der Waals surface area contributed by atoms with Gasteiger partial charge in [0.05, 0.1) is 5.92 Å². The molecule has 0 aromatic carbocycles. The van der Waals surface area contributed by atoms with Crippen molar-refractivity contribution < 1.29 is 4.79 Å². The van der Waals surface area contributed by atoms with Crippen LogP contribution in [0.25, 0.3) is 0 Å². The van der Waals surface area contributed by atoms with Crippen molar-refractivity contribution in [1.82, 2.24) is 9.80 Å². The van der Waals surface area contributed by atoms with Crippen LogP contribution in [0.5, 0.6) is 0 Å². The summed E-state index contributed by atoms with van der Waals surface area (Å²) in [6, 6.07) is 0.345. The van der Waals surface area contributed by atoms with Gasteiger partial charge in [0.2, 0.25) is 5.91 Å². The Hall–Kier alpha value is -0.610. The molecule has 1 amide bonds. The van der Waals surface area contributed by atoms with Gasteiger partial charge >= 0.3 is 0 Å². The Morgan fingerprint density at radius 1 is 1.39 bits per heavy atom. The number of hydrogen-bond acceptors (Lipinski definition) is 3. The van der Waals surface area contributed by atoms with E-state index in [1.807, 2.05) is 0 Å². The average Bonchev–Trinajstić information content (AvgIpc) is 2.50. The standard InChI is InChI=1S/C14H29N3O/c1-5-12-10-16(4)7-6-8-17(12)14(18)13(9-15)11(2)3/h11-13H,5-10,15H2,1-4H3. The quantitative estimate of drug-likeness (QED) is 0.820. The van der Waals surface area contributed by atoms with Crippen molar-refractivity contribution in [1.29, 1.82) is 0 Å². The number of carbonyl (C=O) groups is 1. The summed E-state index contributed by atoms with van der Waals surface area (Å²) in [6.07, 6.45) is 2.08. The maximum atomic E-state index is 12.6. The summed E-state index contributed by atoms with van der Waals surface area (Å²) < 4.78 is 0. The maximum Gasteiger partial charge on any atom is 0.227 e. The minimum absolute atomic E-state index is 0.0255. The summed E-state index contributed by atoms with van der Waals surface area (Å²) in [5, 5.41) is 0. The molecule has 106 valence electrons. The first-order chi connectivity index (χ1) is 8.51. The lowest BCUT2D eigenvalue weighted by Crippen LogP contribution is -2.48. The van der Waals surface area contributed by atoms with Gasteiger partial charge in [-0.3, -0.25) is 4.79 Å². The van der Waals surface area contributed by atoms with Gasteiger partial charge in [0, 0.05) is 25.7 Å². The third kappa shape index (κ3) is 3.69. The van der Waals surface area contributed by atoms with Gasteiger partial charge in [-0.2, -0.15) is 0 Å². The van der Waals surface area contributed by atoms with E-state index < -0.39 is 0 Å². The van der Waals surface area contributed by atoms with Crippen molar-refractivity contribution in [2.24, 2.45) is 17.6 Å². The third-order valence-corrected chi connectivity index (χ3v) is 4.03. The molecule has 1 heterocycles. The number of nitrogens with zero attached hydrogens (tertiary/aromatic N) is 2. The van der Waals surface area contributed by atoms with Gasteiger partial charge in [-0.15, -0.1) is 0 Å². The fourth-order valence-corrected chi connectivity index (χ4v) is 2.75. The van der Waals surface area contributed by atoms with Crippen molar-refractivity contribution in [3.05, 3.63) is 0 Å². The number of carbonyl (C=O) groups excluding carboxylic acids is 1. The van der Waals surface area contributed by atoms with E-state index in [4.69, 9.17) is 5.73 Å². The first kappa shape index (κ1) is 15.4. The van der Waals surface area contributed by atoms with Gasteiger partial charge < -0.3 is 15.5 Å². The third-order valence-electron chi connectivity index (χ3n) is 4.03. The molecule has 0 aromatic rings. The second-order valence-corrected chi connectivity index (χ2v) is 5.80. The summed E-state index contributed by atoms with van der Waals surface area (Å²) in [5.74, 6) is 0.554. The monoisotopic (exact) mass is 255 g/mol. The Kier molecular flexibility index (Phi) is 6.09. The Labute approximate surface area is 111 Å². The minimum atomic E-state index is -0.0255. The van der Waals surface area contributed by atoms with Crippen LogP contribution >= 0.6 is 0 Å². The summed E-state index contributed by atoms with van der Waals surface area (Å²) in [5.41, 5.74) is 5.78. The van der Waals surface area contributed by atoms with Crippen LogP contribution < -0.4 is 5.73 Å². The van der Waals surface area contributed by atoms with Crippen molar-refractivity contribution in [2.75, 3.05) is 33.2 Å². The predicted octanol–water partition coefficient (Wildman–Crippen LogP) is 1.16. The van der Waals surface area contributed by atoms with E-state index in [1.165, 1.54) is 0 Å². The molecule has 0 spiro atoms. The number of hydrogen-bond donors (Lipinski definition) is 1. The second kappa shape index (κ2) is 7.10. The number of nitrogens with two attached hydrogens (primary N) is 1. The normalized spacial score (nSPS) is 24.1. The fourth-order valence-electron chi connectivity index (χ4n) is 2.75. The van der Waals surface area contributed by atoms with Crippen LogP contribution in [0, 0.1) is 11.8 Å². The first-order valence-corrected chi connectivity index (χ1v) is 7.20. The molecule has 18 heavy (non-hydrogen) atoms. The van der Waals surface area contributed by atoms with Crippen molar-refractivity contribution >= 4 is 5.91 Å². The van der Waals surface area contributed by atoms with E-state index in [1.54, 1.807) is 0 Å². The van der Waals surface area contributed by atoms with Gasteiger partial charge in [-0.1, -0.05) is 20.8 Å². The lowest BCUT2D eigenvalue weighted by atomic mass is 9.93. The molecule has 1 aliphatic heterocycles. The van der Waals surface area contributed by atoms with E-state index in [0.717, 1.165) is 32.5 Å². The summed E-state index contributed by atoms with van der Waals surface area (Å²) in [6.45, 7) is 9.73. The molecule has 0 saturated carbocycles. The second-order valence-electron chi connectivity index (χ2n) is 5.80. The fraction of sp³-hybridized carbons (Fsp3) is 0.929. The SMILES string of the molecule is CCC1CN(C)CCCN1C(=O)C(CN)C(C)C. The van der Waals surface area contributed by atoms with Crippen LogP contribution in [0.2, 0.25) is 0 Å². The summed E-state index contributed by atoms with van der Waals surface area (Å²) in [7, 11) is 2.14. The van der Waals surface area contributed by atoms with Crippen molar-refractivity contribution in [2.45, 2.75) is 39.7 Å². The largest absolute Gasteiger partial charge is 0.338 e. The highest BCUT2D eigenvalue weighted by atomic mass is 16.2. The molecule has 0 radical (unpaired) electrons. The highest BCUT2D eigenvalue weighted by Gasteiger charge is 2.31. The highest BCUT2D eigenvalue weighted by molar-refractivity contribution is 5.79. The van der Waals surface area contributed by atoms with E-state index in [2.05, 4.69) is 37.6 Å². The summed E-state index contributed by atoms with van der Waals surface area (Å²) >= 11 is 0. The Morgan fingerprint density at radius 3 is 2.56 bits per heavy atom. The molecule has 1 fully saturated rings. The molecule has 2 unspecified atom stereocenters. The molecule has 1 rings (SSSR count). The molecule has 1 aliphatic rings. The van der Waals surface area contributed by atoms with E-state index in [9.17, 15) is 4.79 Å². The maximum absolute atomic E-state index is 12.6. The molecule has 0 aliphatic carbocycles.